The van der Waals surface area contributed by atoms with Crippen LogP contribution < -0.4 is 15.4 Å². The molecule has 2 atom stereocenters. The van der Waals surface area contributed by atoms with E-state index >= 15 is 0 Å². The maximum atomic E-state index is 13.0. The fourth-order valence-corrected chi connectivity index (χ4v) is 6.59. The Kier molecular flexibility index (Phi) is 29.2. The van der Waals surface area contributed by atoms with Crippen LogP contribution in [0.5, 0.6) is 5.75 Å². The monoisotopic (exact) mass is 781 g/mol. The molecule has 0 unspecified atom stereocenters. The van der Waals surface area contributed by atoms with Gasteiger partial charge in [0, 0.05) is 24.6 Å². The van der Waals surface area contributed by atoms with Gasteiger partial charge < -0.3 is 20.5 Å². The number of ketones is 1. The number of aliphatic hydroxyl groups excluding tert-OH is 1. The first-order valence-corrected chi connectivity index (χ1v) is 21.8. The molecule has 3 N–H and O–H groups in total. The molecule has 0 aliphatic rings. The SMILES string of the molecule is CCCCCCCCCCCCCCCCCCNC(=O)[C@@H](NC(=O)CCCCCCCCCCOc1ccc(/C(O)=C/C(=O)C(F)(F)F)cc1)[C@@H](C)CC. The van der Waals surface area contributed by atoms with Gasteiger partial charge in [-0.05, 0) is 49.4 Å². The number of ether oxygens (including phenoxy) is 1. The molecule has 0 bridgehead atoms. The maximum absolute atomic E-state index is 13.0. The van der Waals surface area contributed by atoms with Crippen molar-refractivity contribution in [1.29, 1.82) is 0 Å². The second-order valence-electron chi connectivity index (χ2n) is 15.4. The standard InChI is InChI=1S/C45H75F3N2O5/c1-4-6-7-8-9-10-11-12-13-14-15-16-18-21-24-27-34-49-44(54)43(37(3)5-2)50-42(53)29-26-23-20-17-19-22-25-28-35-55-39-32-30-38(31-33-39)40(51)36-41(52)45(46,47)48/h30-33,36-37,43,51H,4-29,34-35H2,1-3H3,(H,49,54)(H,50,53)/b40-36-/t37-,43-/m0/s1. The van der Waals surface area contributed by atoms with Crippen molar-refractivity contribution in [3.05, 3.63) is 35.9 Å². The van der Waals surface area contributed by atoms with Crippen LogP contribution in [-0.4, -0.2) is 48.1 Å². The van der Waals surface area contributed by atoms with Crippen molar-refractivity contribution < 1.29 is 37.4 Å². The van der Waals surface area contributed by atoms with Gasteiger partial charge >= 0.3 is 6.18 Å². The van der Waals surface area contributed by atoms with Crippen molar-refractivity contribution in [2.24, 2.45) is 5.92 Å². The lowest BCUT2D eigenvalue weighted by Gasteiger charge is -2.23. The molecule has 7 nitrogen and oxygen atoms in total. The Labute approximate surface area is 331 Å². The zero-order valence-electron chi connectivity index (χ0n) is 34.6. The Bertz CT molecular complexity index is 1170. The minimum atomic E-state index is -5.03. The van der Waals surface area contributed by atoms with Gasteiger partial charge in [0.1, 0.15) is 17.6 Å². The predicted octanol–water partition coefficient (Wildman–Crippen LogP) is 12.5. The van der Waals surface area contributed by atoms with Gasteiger partial charge in [-0.2, -0.15) is 13.2 Å². The van der Waals surface area contributed by atoms with Crippen LogP contribution >= 0.6 is 0 Å². The molecule has 0 heterocycles. The van der Waals surface area contributed by atoms with Crippen molar-refractivity contribution in [2.45, 2.75) is 200 Å². The topological polar surface area (TPSA) is 105 Å². The van der Waals surface area contributed by atoms with Crippen molar-refractivity contribution in [2.75, 3.05) is 13.2 Å². The number of amides is 2. The molecular formula is C45H75F3N2O5. The summed E-state index contributed by atoms with van der Waals surface area (Å²) in [5.74, 6) is -2.38. The van der Waals surface area contributed by atoms with Crippen LogP contribution in [0, 0.1) is 5.92 Å². The van der Waals surface area contributed by atoms with Gasteiger partial charge in [0.05, 0.1) is 6.61 Å². The number of nitrogens with one attached hydrogen (secondary N) is 2. The number of carbonyl (C=O) groups is 3. The molecule has 0 radical (unpaired) electrons. The van der Waals surface area contributed by atoms with Crippen molar-refractivity contribution >= 4 is 23.4 Å². The Balaban J connectivity index is 2.06. The summed E-state index contributed by atoms with van der Waals surface area (Å²) in [4.78, 5) is 36.7. The first-order chi connectivity index (χ1) is 26.5. The highest BCUT2D eigenvalue weighted by Gasteiger charge is 2.37. The summed E-state index contributed by atoms with van der Waals surface area (Å²) < 4.78 is 42.8. The van der Waals surface area contributed by atoms with Gasteiger partial charge in [-0.15, -0.1) is 0 Å². The fraction of sp³-hybridized carbons (Fsp3) is 0.756. The minimum Gasteiger partial charge on any atom is -0.507 e. The van der Waals surface area contributed by atoms with Crippen LogP contribution in [0.2, 0.25) is 0 Å². The van der Waals surface area contributed by atoms with Gasteiger partial charge in [0.15, 0.2) is 0 Å². The second-order valence-corrected chi connectivity index (χ2v) is 15.4. The van der Waals surface area contributed by atoms with E-state index in [-0.39, 0.29) is 29.4 Å². The van der Waals surface area contributed by atoms with Gasteiger partial charge in [0.25, 0.3) is 5.78 Å². The number of carbonyl (C=O) groups excluding carboxylic acids is 3. The first-order valence-electron chi connectivity index (χ1n) is 21.8. The van der Waals surface area contributed by atoms with Crippen LogP contribution in [0.25, 0.3) is 5.76 Å². The molecule has 1 aromatic rings. The Hall–Kier alpha value is -3.04. The quantitative estimate of drug-likeness (QED) is 0.0361. The van der Waals surface area contributed by atoms with E-state index in [2.05, 4.69) is 17.6 Å². The van der Waals surface area contributed by atoms with E-state index in [1.54, 1.807) is 12.1 Å². The molecule has 2 amide bonds. The molecule has 0 spiro atoms. The molecule has 0 fully saturated rings. The van der Waals surface area contributed by atoms with Crippen molar-refractivity contribution in [1.82, 2.24) is 10.6 Å². The third kappa shape index (κ3) is 26.4. The van der Waals surface area contributed by atoms with Gasteiger partial charge in [0.2, 0.25) is 11.8 Å². The molecule has 1 aromatic carbocycles. The summed E-state index contributed by atoms with van der Waals surface area (Å²) in [6, 6.07) is 5.40. The highest BCUT2D eigenvalue weighted by molar-refractivity contribution is 5.99. The van der Waals surface area contributed by atoms with E-state index in [1.165, 1.54) is 102 Å². The largest absolute Gasteiger partial charge is 0.507 e. The summed E-state index contributed by atoms with van der Waals surface area (Å²) in [6.45, 7) is 7.50. The Morgan fingerprint density at radius 2 is 1.15 bits per heavy atom. The van der Waals surface area contributed by atoms with E-state index in [4.69, 9.17) is 4.74 Å². The van der Waals surface area contributed by atoms with Gasteiger partial charge in [-0.1, -0.05) is 162 Å². The number of hydrogen-bond acceptors (Lipinski definition) is 5. The second kappa shape index (κ2) is 32.1. The summed E-state index contributed by atoms with van der Waals surface area (Å²) in [5, 5.41) is 15.9. The molecule has 316 valence electrons. The number of aliphatic hydroxyl groups is 1. The minimum absolute atomic E-state index is 0.0534. The average Bonchev–Trinajstić information content (AvgIpc) is 3.16. The molecule has 10 heteroatoms. The first kappa shape index (κ1) is 50.0. The molecule has 0 aromatic heterocycles. The molecule has 55 heavy (non-hydrogen) atoms. The molecule has 1 rings (SSSR count). The maximum Gasteiger partial charge on any atom is 0.454 e. The third-order valence-corrected chi connectivity index (χ3v) is 10.4. The lowest BCUT2D eigenvalue weighted by Crippen LogP contribution is -2.50. The molecule has 0 aliphatic carbocycles. The van der Waals surface area contributed by atoms with Crippen molar-refractivity contribution in [3.8, 4) is 5.75 Å². The zero-order chi connectivity index (χ0) is 40.6. The Morgan fingerprint density at radius 3 is 1.62 bits per heavy atom. The van der Waals surface area contributed by atoms with Crippen LogP contribution in [0.1, 0.15) is 193 Å². The number of allylic oxidation sites excluding steroid dienone is 1. The van der Waals surface area contributed by atoms with E-state index in [1.807, 2.05) is 13.8 Å². The van der Waals surface area contributed by atoms with E-state index in [9.17, 15) is 32.7 Å². The number of benzene rings is 1. The van der Waals surface area contributed by atoms with Crippen LogP contribution in [0.3, 0.4) is 0 Å². The van der Waals surface area contributed by atoms with Crippen LogP contribution in [0.4, 0.5) is 13.2 Å². The molecule has 0 saturated heterocycles. The highest BCUT2D eigenvalue weighted by Crippen LogP contribution is 2.22. The van der Waals surface area contributed by atoms with E-state index in [0.29, 0.717) is 25.3 Å². The summed E-state index contributed by atoms with van der Waals surface area (Å²) in [6.07, 6.45) is 25.5. The highest BCUT2D eigenvalue weighted by atomic mass is 19.4. The van der Waals surface area contributed by atoms with E-state index in [0.717, 1.165) is 70.6 Å². The number of rotatable bonds is 35. The summed E-state index contributed by atoms with van der Waals surface area (Å²) in [5.41, 5.74) is 0.0966. The number of halogens is 3. The Morgan fingerprint density at radius 1 is 0.691 bits per heavy atom. The van der Waals surface area contributed by atoms with Crippen molar-refractivity contribution in [3.63, 3.8) is 0 Å². The number of hydrogen-bond donors (Lipinski definition) is 3. The van der Waals surface area contributed by atoms with Gasteiger partial charge in [-0.25, -0.2) is 0 Å². The molecule has 0 saturated carbocycles. The molecule has 0 aliphatic heterocycles. The summed E-state index contributed by atoms with van der Waals surface area (Å²) >= 11 is 0. The molecular weight excluding hydrogens is 705 g/mol. The lowest BCUT2D eigenvalue weighted by atomic mass is 9.97. The average molecular weight is 781 g/mol. The van der Waals surface area contributed by atoms with E-state index < -0.39 is 23.8 Å². The smallest absolute Gasteiger partial charge is 0.454 e. The third-order valence-electron chi connectivity index (χ3n) is 10.4. The number of alkyl halides is 3. The fourth-order valence-electron chi connectivity index (χ4n) is 6.59. The normalized spacial score (nSPS) is 13.0. The summed E-state index contributed by atoms with van der Waals surface area (Å²) in [7, 11) is 0. The van der Waals surface area contributed by atoms with Gasteiger partial charge in [-0.3, -0.25) is 14.4 Å². The number of unbranched alkanes of at least 4 members (excludes halogenated alkanes) is 22. The zero-order valence-corrected chi connectivity index (χ0v) is 34.6. The predicted molar refractivity (Wildman–Crippen MR) is 219 cm³/mol. The lowest BCUT2D eigenvalue weighted by molar-refractivity contribution is -0.165. The van der Waals surface area contributed by atoms with Crippen LogP contribution in [0.15, 0.2) is 30.3 Å². The van der Waals surface area contributed by atoms with Crippen LogP contribution in [-0.2, 0) is 14.4 Å².